The van der Waals surface area contributed by atoms with Crippen LogP contribution in [0.4, 0.5) is 25.2 Å². The maximum atomic E-state index is 9.87. The van der Waals surface area contributed by atoms with Crippen LogP contribution in [0.15, 0.2) is 79.3 Å². The molecule has 0 N–H and O–H groups in total. The number of hydrogen-bond acceptors (Lipinski definition) is 2. The van der Waals surface area contributed by atoms with Crippen molar-refractivity contribution in [1.82, 2.24) is 9.55 Å². The monoisotopic (exact) mass is 513 g/mol. The number of rotatable bonds is 4. The van der Waals surface area contributed by atoms with Gasteiger partial charge in [0.2, 0.25) is 0 Å². The van der Waals surface area contributed by atoms with E-state index < -0.39 is 7.81 Å². The first kappa shape index (κ1) is 24.7. The van der Waals surface area contributed by atoms with Crippen molar-refractivity contribution in [2.24, 2.45) is 0 Å². The van der Waals surface area contributed by atoms with Crippen molar-refractivity contribution in [2.75, 3.05) is 7.11 Å². The average molecular weight is 513 g/mol. The summed E-state index contributed by atoms with van der Waals surface area (Å²) in [6.07, 6.45) is 7.05. The molecule has 2 aromatic heterocycles. The van der Waals surface area contributed by atoms with Crippen LogP contribution in [0, 0.1) is 0 Å². The molecule has 0 spiro atoms. The summed E-state index contributed by atoms with van der Waals surface area (Å²) < 4.78 is 69.0. The zero-order valence-electron chi connectivity index (χ0n) is 18.6. The van der Waals surface area contributed by atoms with E-state index in [1.54, 1.807) is 7.11 Å². The van der Waals surface area contributed by atoms with E-state index in [0.29, 0.717) is 0 Å². The Morgan fingerprint density at radius 3 is 2.23 bits per heavy atom. The molecule has 35 heavy (non-hydrogen) atoms. The number of nitrogens with zero attached hydrogens (tertiary/aromatic N) is 3. The van der Waals surface area contributed by atoms with E-state index in [1.165, 1.54) is 27.9 Å². The summed E-state index contributed by atoms with van der Waals surface area (Å²) in [5, 5.41) is 0. The predicted octanol–water partition coefficient (Wildman–Crippen LogP) is 7.23. The van der Waals surface area contributed by atoms with Gasteiger partial charge in [0.05, 0.1) is 19.1 Å². The molecule has 4 nitrogen and oxygen atoms in total. The van der Waals surface area contributed by atoms with Gasteiger partial charge in [0.15, 0.2) is 18.4 Å². The summed E-state index contributed by atoms with van der Waals surface area (Å²) in [4.78, 5) is 4.71. The van der Waals surface area contributed by atoms with Gasteiger partial charge >= 0.3 is 33.0 Å². The summed E-state index contributed by atoms with van der Waals surface area (Å²) in [5.41, 5.74) is 6.56. The second-order valence-corrected chi connectivity index (χ2v) is 10.0. The molecule has 0 saturated heterocycles. The van der Waals surface area contributed by atoms with Crippen molar-refractivity contribution >= 4 is 7.81 Å². The molecule has 1 aliphatic heterocycles. The number of halogens is 6. The number of methoxy groups -OCH3 is 1. The molecule has 11 heteroatoms. The second kappa shape index (κ2) is 8.37. The molecule has 0 unspecified atom stereocenters. The summed E-state index contributed by atoms with van der Waals surface area (Å²) in [5.74, 6) is 1.89. The average Bonchev–Trinajstić information content (AvgIpc) is 3.23. The van der Waals surface area contributed by atoms with Crippen molar-refractivity contribution < 1.29 is 34.5 Å². The third kappa shape index (κ3) is 7.05. The van der Waals surface area contributed by atoms with Gasteiger partial charge in [0, 0.05) is 30.6 Å². The van der Waals surface area contributed by atoms with Gasteiger partial charge in [-0.3, -0.25) is 0 Å². The number of pyridine rings is 1. The Hall–Kier alpha value is -3.39. The van der Waals surface area contributed by atoms with Crippen LogP contribution >= 0.6 is 7.81 Å². The van der Waals surface area contributed by atoms with E-state index in [1.807, 2.05) is 18.3 Å². The fourth-order valence-electron chi connectivity index (χ4n) is 3.99. The molecule has 0 bridgehead atoms. The molecule has 5 rings (SSSR count). The molecular weight excluding hydrogens is 491 g/mol. The molecule has 0 atom stereocenters. The number of imidazole rings is 1. The summed E-state index contributed by atoms with van der Waals surface area (Å²) in [6.45, 7) is 1.70. The first-order chi connectivity index (χ1) is 16.3. The van der Waals surface area contributed by atoms with E-state index in [4.69, 9.17) is 9.72 Å². The van der Waals surface area contributed by atoms with Crippen LogP contribution in [0.2, 0.25) is 0 Å². The van der Waals surface area contributed by atoms with Crippen molar-refractivity contribution in [3.05, 3.63) is 102 Å². The standard InChI is InChI=1S/C24H22N3O.F6P/c1-28-21-10-8-18(9-11-21)16-27-14-12-25-24(27)22-7-4-13-26-17-20-6-3-2-5-19(20)15-23(22)26;1-7(2,3,4,5)6/h2-14H,15-17H2,1H3;/q+1;-1. The van der Waals surface area contributed by atoms with Gasteiger partial charge in [-0.2, -0.15) is 4.57 Å². The molecule has 0 radical (unpaired) electrons. The fraction of sp³-hybridized carbons (Fsp3) is 0.167. The van der Waals surface area contributed by atoms with E-state index >= 15 is 0 Å². The molecule has 186 valence electrons. The fourth-order valence-corrected chi connectivity index (χ4v) is 3.99. The molecule has 2 aromatic carbocycles. The van der Waals surface area contributed by atoms with Crippen LogP contribution in [0.25, 0.3) is 11.4 Å². The topological polar surface area (TPSA) is 30.9 Å². The third-order valence-corrected chi connectivity index (χ3v) is 5.47. The Labute approximate surface area is 197 Å². The molecule has 0 fully saturated rings. The van der Waals surface area contributed by atoms with Gasteiger partial charge in [-0.05, 0) is 29.3 Å². The quantitative estimate of drug-likeness (QED) is 0.144. The van der Waals surface area contributed by atoms with E-state index in [-0.39, 0.29) is 0 Å². The first-order valence-corrected chi connectivity index (χ1v) is 12.6. The van der Waals surface area contributed by atoms with E-state index in [2.05, 4.69) is 70.1 Å². The number of ether oxygens (including phenoxy) is 1. The molecule has 0 saturated carbocycles. The van der Waals surface area contributed by atoms with Crippen LogP contribution in [-0.4, -0.2) is 16.7 Å². The number of hydrogen-bond donors (Lipinski definition) is 0. The van der Waals surface area contributed by atoms with Crippen molar-refractivity contribution in [1.29, 1.82) is 0 Å². The van der Waals surface area contributed by atoms with Gasteiger partial charge in [-0.25, -0.2) is 4.98 Å². The van der Waals surface area contributed by atoms with Gasteiger partial charge in [-0.15, -0.1) is 0 Å². The second-order valence-electron chi connectivity index (χ2n) is 8.13. The summed E-state index contributed by atoms with van der Waals surface area (Å²) in [6, 6.07) is 21.2. The van der Waals surface area contributed by atoms with Crippen LogP contribution in [0.3, 0.4) is 0 Å². The molecule has 3 heterocycles. The molecular formula is C24H22F6N3OP. The Balaban J connectivity index is 0.000000364. The van der Waals surface area contributed by atoms with Gasteiger partial charge in [-0.1, -0.05) is 36.4 Å². The van der Waals surface area contributed by atoms with Crippen LogP contribution in [-0.2, 0) is 19.5 Å². The number of aromatic nitrogens is 3. The molecule has 1 aliphatic rings. The van der Waals surface area contributed by atoms with Crippen molar-refractivity contribution in [2.45, 2.75) is 19.5 Å². The Kier molecular flexibility index (Phi) is 5.92. The molecule has 4 aromatic rings. The predicted molar refractivity (Wildman–Crippen MR) is 122 cm³/mol. The number of benzene rings is 2. The number of fused-ring (bicyclic) bond motifs is 2. The summed E-state index contributed by atoms with van der Waals surface area (Å²) in [7, 11) is -8.97. The Bertz CT molecular complexity index is 1340. The third-order valence-electron chi connectivity index (χ3n) is 5.47. The van der Waals surface area contributed by atoms with Crippen molar-refractivity contribution in [3.63, 3.8) is 0 Å². The summed E-state index contributed by atoms with van der Waals surface area (Å²) >= 11 is 0. The Morgan fingerprint density at radius 2 is 1.57 bits per heavy atom. The zero-order chi connectivity index (χ0) is 25.3. The van der Waals surface area contributed by atoms with Gasteiger partial charge < -0.3 is 9.30 Å². The Morgan fingerprint density at radius 1 is 0.914 bits per heavy atom. The first-order valence-electron chi connectivity index (χ1n) is 10.6. The normalized spacial score (nSPS) is 14.5. The molecule has 0 aliphatic carbocycles. The molecule has 0 amide bonds. The van der Waals surface area contributed by atoms with E-state index in [9.17, 15) is 25.2 Å². The van der Waals surface area contributed by atoms with Gasteiger partial charge in [0.25, 0.3) is 0 Å². The van der Waals surface area contributed by atoms with Gasteiger partial charge in [0.1, 0.15) is 11.6 Å². The van der Waals surface area contributed by atoms with Crippen LogP contribution in [0.1, 0.15) is 22.4 Å². The minimum absolute atomic E-state index is 0.782. The van der Waals surface area contributed by atoms with E-state index in [0.717, 1.165) is 31.1 Å². The minimum atomic E-state index is -10.7. The SMILES string of the molecule is COc1ccc(Cn2ccnc2-c2ccc[n+]3c2Cc2ccccc2C3)cc1.F[P-](F)(F)(F)(F)F. The van der Waals surface area contributed by atoms with Crippen LogP contribution in [0.5, 0.6) is 5.75 Å². The maximum absolute atomic E-state index is 10.7. The van der Waals surface area contributed by atoms with Crippen LogP contribution < -0.4 is 9.30 Å². The zero-order valence-corrected chi connectivity index (χ0v) is 19.5. The van der Waals surface area contributed by atoms with Crippen molar-refractivity contribution in [3.8, 4) is 17.1 Å².